The number of benzene rings is 1. The summed E-state index contributed by atoms with van der Waals surface area (Å²) in [6.07, 6.45) is -1.64. The molecule has 0 saturated carbocycles. The molecule has 0 aliphatic carbocycles. The molecule has 16 heavy (non-hydrogen) atoms. The molecule has 3 N–H and O–H groups in total. The SMILES string of the molecule is CC(O)c1cc(Cl)ccc1OCC(O)CO. The Labute approximate surface area is 99.1 Å². The van der Waals surface area contributed by atoms with Crippen molar-refractivity contribution in [1.82, 2.24) is 0 Å². The third kappa shape index (κ3) is 3.64. The molecule has 0 aliphatic heterocycles. The predicted octanol–water partition coefficient (Wildman–Crippen LogP) is 1.13. The number of aliphatic hydroxyl groups is 3. The zero-order chi connectivity index (χ0) is 12.1. The fourth-order valence-corrected chi connectivity index (χ4v) is 1.40. The highest BCUT2D eigenvalue weighted by molar-refractivity contribution is 6.30. The minimum absolute atomic E-state index is 0.0299. The average Bonchev–Trinajstić information content (AvgIpc) is 2.26. The third-order valence-electron chi connectivity index (χ3n) is 2.06. The van der Waals surface area contributed by atoms with Crippen LogP contribution in [0.15, 0.2) is 18.2 Å². The largest absolute Gasteiger partial charge is 0.490 e. The van der Waals surface area contributed by atoms with Gasteiger partial charge in [-0.25, -0.2) is 0 Å². The first kappa shape index (κ1) is 13.3. The van der Waals surface area contributed by atoms with Crippen LogP contribution in [0, 0.1) is 0 Å². The standard InChI is InChI=1S/C11H15ClO4/c1-7(14)10-4-8(12)2-3-11(10)16-6-9(15)5-13/h2-4,7,9,13-15H,5-6H2,1H3. The van der Waals surface area contributed by atoms with Gasteiger partial charge in [0.25, 0.3) is 0 Å². The van der Waals surface area contributed by atoms with Gasteiger partial charge in [0.1, 0.15) is 18.5 Å². The summed E-state index contributed by atoms with van der Waals surface area (Å²) < 4.78 is 5.28. The molecule has 0 spiro atoms. The molecule has 1 aromatic carbocycles. The second kappa shape index (κ2) is 6.06. The van der Waals surface area contributed by atoms with Gasteiger partial charge in [-0.05, 0) is 25.1 Å². The Kier molecular flexibility index (Phi) is 5.02. The lowest BCUT2D eigenvalue weighted by Gasteiger charge is -2.15. The molecule has 2 atom stereocenters. The summed E-state index contributed by atoms with van der Waals surface area (Å²) >= 11 is 5.79. The van der Waals surface area contributed by atoms with Crippen LogP contribution in [0.5, 0.6) is 5.75 Å². The molecule has 0 radical (unpaired) electrons. The summed E-state index contributed by atoms with van der Waals surface area (Å²) in [5.74, 6) is 0.451. The van der Waals surface area contributed by atoms with Crippen molar-refractivity contribution >= 4 is 11.6 Å². The summed E-state index contributed by atoms with van der Waals surface area (Å²) in [4.78, 5) is 0. The second-order valence-electron chi connectivity index (χ2n) is 3.51. The predicted molar refractivity (Wildman–Crippen MR) is 60.7 cm³/mol. The molecule has 0 aromatic heterocycles. The summed E-state index contributed by atoms with van der Waals surface area (Å²) in [5, 5.41) is 27.8. The maximum Gasteiger partial charge on any atom is 0.125 e. The van der Waals surface area contributed by atoms with Crippen LogP contribution in [0.2, 0.25) is 5.02 Å². The Morgan fingerprint density at radius 1 is 1.38 bits per heavy atom. The van der Waals surface area contributed by atoms with E-state index in [1.807, 2.05) is 0 Å². The molecular formula is C11H15ClO4. The van der Waals surface area contributed by atoms with Crippen LogP contribution in [0.4, 0.5) is 0 Å². The molecule has 1 rings (SSSR count). The molecule has 0 bridgehead atoms. The normalized spacial score (nSPS) is 14.6. The molecule has 90 valence electrons. The molecule has 5 heteroatoms. The van der Waals surface area contributed by atoms with Crippen molar-refractivity contribution in [1.29, 1.82) is 0 Å². The van der Waals surface area contributed by atoms with Crippen LogP contribution in [-0.4, -0.2) is 34.6 Å². The highest BCUT2D eigenvalue weighted by atomic mass is 35.5. The molecule has 4 nitrogen and oxygen atoms in total. The Morgan fingerprint density at radius 2 is 2.06 bits per heavy atom. The van der Waals surface area contributed by atoms with Gasteiger partial charge >= 0.3 is 0 Å². The smallest absolute Gasteiger partial charge is 0.125 e. The zero-order valence-electron chi connectivity index (χ0n) is 8.93. The monoisotopic (exact) mass is 246 g/mol. The Bertz CT molecular complexity index is 341. The number of hydrogen-bond acceptors (Lipinski definition) is 4. The van der Waals surface area contributed by atoms with Crippen molar-refractivity contribution in [3.63, 3.8) is 0 Å². The molecule has 0 saturated heterocycles. The number of ether oxygens (including phenoxy) is 1. The van der Waals surface area contributed by atoms with Crippen molar-refractivity contribution in [2.45, 2.75) is 19.1 Å². The van der Waals surface area contributed by atoms with Gasteiger partial charge in [-0.3, -0.25) is 0 Å². The molecule has 2 unspecified atom stereocenters. The van der Waals surface area contributed by atoms with E-state index >= 15 is 0 Å². The van der Waals surface area contributed by atoms with E-state index in [1.54, 1.807) is 25.1 Å². The summed E-state index contributed by atoms with van der Waals surface area (Å²) in [6.45, 7) is 1.20. The van der Waals surface area contributed by atoms with E-state index in [2.05, 4.69) is 0 Å². The van der Waals surface area contributed by atoms with Crippen molar-refractivity contribution in [3.05, 3.63) is 28.8 Å². The molecule has 0 fully saturated rings. The third-order valence-corrected chi connectivity index (χ3v) is 2.30. The van der Waals surface area contributed by atoms with E-state index in [1.165, 1.54) is 0 Å². The van der Waals surface area contributed by atoms with Crippen LogP contribution >= 0.6 is 11.6 Å². The van der Waals surface area contributed by atoms with Gasteiger partial charge in [-0.2, -0.15) is 0 Å². The van der Waals surface area contributed by atoms with E-state index in [0.29, 0.717) is 16.3 Å². The van der Waals surface area contributed by atoms with E-state index in [4.69, 9.17) is 26.6 Å². The molecule has 1 aromatic rings. The fourth-order valence-electron chi connectivity index (χ4n) is 1.22. The van der Waals surface area contributed by atoms with Gasteiger partial charge in [0, 0.05) is 10.6 Å². The number of hydrogen-bond donors (Lipinski definition) is 3. The van der Waals surface area contributed by atoms with Gasteiger partial charge in [0.2, 0.25) is 0 Å². The topological polar surface area (TPSA) is 69.9 Å². The van der Waals surface area contributed by atoms with Crippen LogP contribution in [0.1, 0.15) is 18.6 Å². The maximum atomic E-state index is 9.50. The summed E-state index contributed by atoms with van der Waals surface area (Å²) in [6, 6.07) is 4.86. The summed E-state index contributed by atoms with van der Waals surface area (Å²) in [7, 11) is 0. The maximum absolute atomic E-state index is 9.50. The molecular weight excluding hydrogens is 232 g/mol. The van der Waals surface area contributed by atoms with E-state index in [-0.39, 0.29) is 13.2 Å². The van der Waals surface area contributed by atoms with Crippen LogP contribution in [-0.2, 0) is 0 Å². The molecule has 0 aliphatic rings. The fraction of sp³-hybridized carbons (Fsp3) is 0.455. The summed E-state index contributed by atoms with van der Waals surface area (Å²) in [5.41, 5.74) is 0.553. The highest BCUT2D eigenvalue weighted by Crippen LogP contribution is 2.28. The van der Waals surface area contributed by atoms with Gasteiger partial charge in [-0.15, -0.1) is 0 Å². The van der Waals surface area contributed by atoms with Gasteiger partial charge in [0.05, 0.1) is 12.7 Å². The first-order valence-corrected chi connectivity index (χ1v) is 5.31. The van der Waals surface area contributed by atoms with Crippen molar-refractivity contribution in [3.8, 4) is 5.75 Å². The first-order valence-electron chi connectivity index (χ1n) is 4.93. The Morgan fingerprint density at radius 3 is 2.62 bits per heavy atom. The van der Waals surface area contributed by atoms with Gasteiger partial charge in [-0.1, -0.05) is 11.6 Å². The van der Waals surface area contributed by atoms with Crippen LogP contribution in [0.3, 0.4) is 0 Å². The highest BCUT2D eigenvalue weighted by Gasteiger charge is 2.11. The first-order chi connectivity index (χ1) is 7.54. The Balaban J connectivity index is 2.78. The Hall–Kier alpha value is -0.810. The van der Waals surface area contributed by atoms with Gasteiger partial charge in [0.15, 0.2) is 0 Å². The zero-order valence-corrected chi connectivity index (χ0v) is 9.68. The lowest BCUT2D eigenvalue weighted by atomic mass is 10.1. The van der Waals surface area contributed by atoms with E-state index in [0.717, 1.165) is 0 Å². The van der Waals surface area contributed by atoms with Crippen molar-refractivity contribution < 1.29 is 20.1 Å². The number of aliphatic hydroxyl groups excluding tert-OH is 3. The van der Waals surface area contributed by atoms with Crippen molar-refractivity contribution in [2.24, 2.45) is 0 Å². The quantitative estimate of drug-likeness (QED) is 0.728. The number of halogens is 1. The lowest BCUT2D eigenvalue weighted by Crippen LogP contribution is -2.21. The lowest BCUT2D eigenvalue weighted by molar-refractivity contribution is 0.0523. The van der Waals surface area contributed by atoms with Crippen LogP contribution < -0.4 is 4.74 Å². The van der Waals surface area contributed by atoms with Crippen molar-refractivity contribution in [2.75, 3.05) is 13.2 Å². The minimum atomic E-state index is -0.933. The van der Waals surface area contributed by atoms with Gasteiger partial charge < -0.3 is 20.1 Å². The average molecular weight is 247 g/mol. The second-order valence-corrected chi connectivity index (χ2v) is 3.94. The molecule has 0 heterocycles. The van der Waals surface area contributed by atoms with E-state index in [9.17, 15) is 5.11 Å². The van der Waals surface area contributed by atoms with E-state index < -0.39 is 12.2 Å². The minimum Gasteiger partial charge on any atom is -0.490 e. The molecule has 0 amide bonds. The van der Waals surface area contributed by atoms with Crippen LogP contribution in [0.25, 0.3) is 0 Å². The number of rotatable bonds is 5.